The number of carbonyl (C=O) groups is 2. The van der Waals surface area contributed by atoms with E-state index in [0.717, 1.165) is 33.6 Å². The average molecular weight is 380 g/mol. The molecule has 0 bridgehead atoms. The van der Waals surface area contributed by atoms with Crippen LogP contribution < -0.4 is 16.0 Å². The van der Waals surface area contributed by atoms with E-state index in [1.807, 2.05) is 64.1 Å². The normalized spacial score (nSPS) is 11.1. The van der Waals surface area contributed by atoms with Crippen molar-refractivity contribution < 1.29 is 9.59 Å². The first-order valence-electron chi connectivity index (χ1n) is 9.25. The van der Waals surface area contributed by atoms with Crippen LogP contribution in [0.2, 0.25) is 0 Å². The van der Waals surface area contributed by atoms with Crippen molar-refractivity contribution in [3.63, 3.8) is 0 Å². The first-order valence-corrected chi connectivity index (χ1v) is 9.25. The third-order valence-electron chi connectivity index (χ3n) is 4.46. The van der Waals surface area contributed by atoms with Crippen molar-refractivity contribution in [1.29, 1.82) is 0 Å². The van der Waals surface area contributed by atoms with Gasteiger partial charge in [0.15, 0.2) is 0 Å². The van der Waals surface area contributed by atoms with Crippen LogP contribution in [-0.4, -0.2) is 30.7 Å². The highest BCUT2D eigenvalue weighted by Crippen LogP contribution is 2.19. The average Bonchev–Trinajstić information content (AvgIpc) is 2.64. The SMILES string of the molecule is CC(=NCC(=O)Nc1c(C)cccc1C)NCC(=O)Nc1c(C)cccc1C. The first-order chi connectivity index (χ1) is 13.3. The summed E-state index contributed by atoms with van der Waals surface area (Å²) in [6, 6.07) is 11.7. The fourth-order valence-corrected chi connectivity index (χ4v) is 2.84. The predicted octanol–water partition coefficient (Wildman–Crippen LogP) is 3.51. The van der Waals surface area contributed by atoms with Crippen LogP contribution in [0.5, 0.6) is 0 Å². The molecule has 0 fully saturated rings. The van der Waals surface area contributed by atoms with Crippen LogP contribution in [-0.2, 0) is 9.59 Å². The molecular formula is C22H28N4O2. The zero-order valence-corrected chi connectivity index (χ0v) is 17.1. The van der Waals surface area contributed by atoms with Gasteiger partial charge < -0.3 is 16.0 Å². The maximum Gasteiger partial charge on any atom is 0.246 e. The molecule has 3 N–H and O–H groups in total. The van der Waals surface area contributed by atoms with Crippen LogP contribution >= 0.6 is 0 Å². The zero-order chi connectivity index (χ0) is 20.7. The van der Waals surface area contributed by atoms with E-state index in [1.165, 1.54) is 0 Å². The number of anilines is 2. The topological polar surface area (TPSA) is 82.6 Å². The van der Waals surface area contributed by atoms with Gasteiger partial charge in [0.2, 0.25) is 11.8 Å². The Morgan fingerprint density at radius 1 is 0.786 bits per heavy atom. The number of para-hydroxylation sites is 2. The molecule has 2 aromatic carbocycles. The quantitative estimate of drug-likeness (QED) is 0.530. The van der Waals surface area contributed by atoms with Crippen molar-refractivity contribution in [2.75, 3.05) is 23.7 Å². The lowest BCUT2D eigenvalue weighted by atomic mass is 10.1. The largest absolute Gasteiger partial charge is 0.365 e. The smallest absolute Gasteiger partial charge is 0.246 e. The van der Waals surface area contributed by atoms with Gasteiger partial charge in [-0.2, -0.15) is 0 Å². The standard InChI is InChI=1S/C22H28N4O2/c1-14-8-6-9-15(2)21(14)25-19(27)12-23-18(5)24-13-20(28)26-22-16(3)10-7-11-17(22)4/h6-11H,12-13H2,1-5H3,(H,23,24)(H,25,27)(H,26,28). The van der Waals surface area contributed by atoms with Crippen molar-refractivity contribution in [3.05, 3.63) is 58.7 Å². The number of hydrogen-bond donors (Lipinski definition) is 3. The molecule has 2 amide bonds. The van der Waals surface area contributed by atoms with Crippen molar-refractivity contribution in [2.24, 2.45) is 4.99 Å². The summed E-state index contributed by atoms with van der Waals surface area (Å²) in [7, 11) is 0. The fourth-order valence-electron chi connectivity index (χ4n) is 2.84. The fraction of sp³-hybridized carbons (Fsp3) is 0.318. The highest BCUT2D eigenvalue weighted by Gasteiger charge is 2.09. The molecule has 0 heterocycles. The van der Waals surface area contributed by atoms with Gasteiger partial charge in [-0.15, -0.1) is 0 Å². The highest BCUT2D eigenvalue weighted by molar-refractivity contribution is 5.97. The summed E-state index contributed by atoms with van der Waals surface area (Å²) in [4.78, 5) is 28.5. The maximum atomic E-state index is 12.2. The van der Waals surface area contributed by atoms with Gasteiger partial charge in [0, 0.05) is 11.4 Å². The molecular weight excluding hydrogens is 352 g/mol. The number of aryl methyl sites for hydroxylation is 4. The van der Waals surface area contributed by atoms with Crippen LogP contribution in [0.25, 0.3) is 0 Å². The number of carbonyl (C=O) groups excluding carboxylic acids is 2. The number of rotatable bonds is 6. The lowest BCUT2D eigenvalue weighted by Crippen LogP contribution is -2.32. The monoisotopic (exact) mass is 380 g/mol. The molecule has 0 saturated heterocycles. The number of hydrogen-bond acceptors (Lipinski definition) is 3. The molecule has 0 aliphatic rings. The Morgan fingerprint density at radius 3 is 1.68 bits per heavy atom. The zero-order valence-electron chi connectivity index (χ0n) is 17.1. The summed E-state index contributed by atoms with van der Waals surface area (Å²) in [5.41, 5.74) is 5.70. The molecule has 0 radical (unpaired) electrons. The first kappa shape index (κ1) is 21.2. The van der Waals surface area contributed by atoms with E-state index in [-0.39, 0.29) is 24.9 Å². The number of amidine groups is 1. The summed E-state index contributed by atoms with van der Waals surface area (Å²) < 4.78 is 0. The molecule has 0 aromatic heterocycles. The third kappa shape index (κ3) is 5.94. The molecule has 0 aliphatic carbocycles. The number of nitrogens with zero attached hydrogens (tertiary/aromatic N) is 1. The van der Waals surface area contributed by atoms with Crippen LogP contribution in [0.1, 0.15) is 29.2 Å². The Balaban J connectivity index is 1.84. The van der Waals surface area contributed by atoms with Gasteiger partial charge in [-0.3, -0.25) is 14.6 Å². The molecule has 2 aromatic rings. The molecule has 0 unspecified atom stereocenters. The number of nitrogens with one attached hydrogen (secondary N) is 3. The number of aliphatic imine (C=N–C) groups is 1. The second-order valence-corrected chi connectivity index (χ2v) is 6.89. The minimum absolute atomic E-state index is 0.00880. The lowest BCUT2D eigenvalue weighted by molar-refractivity contribution is -0.115. The Morgan fingerprint density at radius 2 is 1.21 bits per heavy atom. The van der Waals surface area contributed by atoms with Crippen molar-refractivity contribution in [1.82, 2.24) is 5.32 Å². The summed E-state index contributed by atoms with van der Waals surface area (Å²) in [6.07, 6.45) is 0. The highest BCUT2D eigenvalue weighted by atomic mass is 16.2. The second-order valence-electron chi connectivity index (χ2n) is 6.89. The molecule has 148 valence electrons. The summed E-state index contributed by atoms with van der Waals surface area (Å²) >= 11 is 0. The van der Waals surface area contributed by atoms with E-state index in [4.69, 9.17) is 0 Å². The van der Waals surface area contributed by atoms with Gasteiger partial charge in [0.05, 0.1) is 12.4 Å². The minimum Gasteiger partial charge on any atom is -0.365 e. The van der Waals surface area contributed by atoms with E-state index < -0.39 is 0 Å². The van der Waals surface area contributed by atoms with Gasteiger partial charge in [0.25, 0.3) is 0 Å². The van der Waals surface area contributed by atoms with E-state index >= 15 is 0 Å². The van der Waals surface area contributed by atoms with Gasteiger partial charge in [-0.25, -0.2) is 0 Å². The van der Waals surface area contributed by atoms with E-state index in [9.17, 15) is 9.59 Å². The number of amides is 2. The molecule has 2 rings (SSSR count). The minimum atomic E-state index is -0.196. The molecule has 28 heavy (non-hydrogen) atoms. The van der Waals surface area contributed by atoms with Crippen LogP contribution in [0, 0.1) is 27.7 Å². The van der Waals surface area contributed by atoms with Gasteiger partial charge in [-0.1, -0.05) is 36.4 Å². The summed E-state index contributed by atoms with van der Waals surface area (Å²) in [6.45, 7) is 9.63. The molecule has 6 nitrogen and oxygen atoms in total. The lowest BCUT2D eigenvalue weighted by Gasteiger charge is -2.12. The van der Waals surface area contributed by atoms with E-state index in [0.29, 0.717) is 5.84 Å². The molecule has 0 saturated carbocycles. The Labute approximate surface area is 166 Å². The van der Waals surface area contributed by atoms with E-state index in [1.54, 1.807) is 6.92 Å². The maximum absolute atomic E-state index is 12.2. The summed E-state index contributed by atoms with van der Waals surface area (Å²) in [5.74, 6) is 0.179. The molecule has 0 atom stereocenters. The Kier molecular flexibility index (Phi) is 7.32. The van der Waals surface area contributed by atoms with Crippen LogP contribution in [0.15, 0.2) is 41.4 Å². The van der Waals surface area contributed by atoms with Crippen molar-refractivity contribution >= 4 is 29.0 Å². The van der Waals surface area contributed by atoms with Gasteiger partial charge in [0.1, 0.15) is 6.54 Å². The van der Waals surface area contributed by atoms with Crippen LogP contribution in [0.3, 0.4) is 0 Å². The Bertz CT molecular complexity index is 863. The van der Waals surface area contributed by atoms with Crippen molar-refractivity contribution in [2.45, 2.75) is 34.6 Å². The predicted molar refractivity (Wildman–Crippen MR) is 115 cm³/mol. The number of benzene rings is 2. The molecule has 0 aliphatic heterocycles. The van der Waals surface area contributed by atoms with Crippen molar-refractivity contribution in [3.8, 4) is 0 Å². The second kappa shape index (κ2) is 9.69. The third-order valence-corrected chi connectivity index (χ3v) is 4.46. The van der Waals surface area contributed by atoms with Crippen LogP contribution in [0.4, 0.5) is 11.4 Å². The summed E-state index contributed by atoms with van der Waals surface area (Å²) in [5, 5.41) is 8.74. The molecule has 0 spiro atoms. The molecule has 6 heteroatoms. The van der Waals surface area contributed by atoms with Gasteiger partial charge >= 0.3 is 0 Å². The van der Waals surface area contributed by atoms with Gasteiger partial charge in [-0.05, 0) is 56.9 Å². The Hall–Kier alpha value is -3.15. The van der Waals surface area contributed by atoms with E-state index in [2.05, 4.69) is 20.9 Å².